The standard InChI is InChI=1S/C20H22N4O5S3/c1-28-15-8-7-14(12-17(15)32(26,27)24-9-3-2-4-10-24)21-18(25)13-31-20-23-22-19(29-20)16-6-5-11-30-16/h5-8,11-12H,2-4,9-10,13H2,1H3,(H,21,25). The molecule has 1 saturated heterocycles. The predicted molar refractivity (Wildman–Crippen MR) is 123 cm³/mol. The third-order valence-electron chi connectivity index (χ3n) is 4.85. The third kappa shape index (κ3) is 5.14. The lowest BCUT2D eigenvalue weighted by Gasteiger charge is -2.26. The first-order valence-corrected chi connectivity index (χ1v) is 13.3. The van der Waals surface area contributed by atoms with E-state index in [2.05, 4.69) is 15.5 Å². The molecule has 1 aromatic carbocycles. The van der Waals surface area contributed by atoms with Gasteiger partial charge in [0.2, 0.25) is 15.9 Å². The number of ether oxygens (including phenoxy) is 1. The van der Waals surface area contributed by atoms with Crippen molar-refractivity contribution in [3.8, 4) is 16.5 Å². The number of methoxy groups -OCH3 is 1. The summed E-state index contributed by atoms with van der Waals surface area (Å²) < 4.78 is 38.5. The summed E-state index contributed by atoms with van der Waals surface area (Å²) in [4.78, 5) is 13.3. The number of carbonyl (C=O) groups excluding carboxylic acids is 1. The van der Waals surface area contributed by atoms with Crippen LogP contribution in [0.1, 0.15) is 19.3 Å². The number of amides is 1. The van der Waals surface area contributed by atoms with E-state index in [9.17, 15) is 13.2 Å². The summed E-state index contributed by atoms with van der Waals surface area (Å²) in [5, 5.41) is 12.8. The average molecular weight is 495 g/mol. The molecule has 9 nitrogen and oxygen atoms in total. The van der Waals surface area contributed by atoms with E-state index < -0.39 is 10.0 Å². The van der Waals surface area contributed by atoms with Crippen LogP contribution in [0, 0.1) is 0 Å². The zero-order chi connectivity index (χ0) is 22.6. The molecule has 0 atom stereocenters. The predicted octanol–water partition coefficient (Wildman–Crippen LogP) is 3.71. The van der Waals surface area contributed by atoms with Crippen molar-refractivity contribution in [2.75, 3.05) is 31.3 Å². The highest BCUT2D eigenvalue weighted by molar-refractivity contribution is 7.99. The Bertz CT molecular complexity index is 1170. The van der Waals surface area contributed by atoms with Gasteiger partial charge in [-0.1, -0.05) is 24.2 Å². The number of nitrogens with zero attached hydrogens (tertiary/aromatic N) is 3. The maximum Gasteiger partial charge on any atom is 0.277 e. The number of benzene rings is 1. The summed E-state index contributed by atoms with van der Waals surface area (Å²) in [6.07, 6.45) is 2.68. The SMILES string of the molecule is COc1ccc(NC(=O)CSc2nnc(-c3cccs3)o2)cc1S(=O)(=O)N1CCCCC1. The van der Waals surface area contributed by atoms with Gasteiger partial charge >= 0.3 is 0 Å². The van der Waals surface area contributed by atoms with E-state index in [1.165, 1.54) is 28.8 Å². The van der Waals surface area contributed by atoms with Crippen LogP contribution in [-0.2, 0) is 14.8 Å². The molecule has 0 saturated carbocycles. The van der Waals surface area contributed by atoms with Crippen molar-refractivity contribution >= 4 is 44.7 Å². The third-order valence-corrected chi connectivity index (χ3v) is 8.44. The Morgan fingerprint density at radius 2 is 2.06 bits per heavy atom. The Kier molecular flexibility index (Phi) is 7.13. The first-order valence-electron chi connectivity index (χ1n) is 9.95. The van der Waals surface area contributed by atoms with Gasteiger partial charge in [0.1, 0.15) is 10.6 Å². The molecule has 0 bridgehead atoms. The van der Waals surface area contributed by atoms with Gasteiger partial charge < -0.3 is 14.5 Å². The van der Waals surface area contributed by atoms with Crippen LogP contribution in [0.5, 0.6) is 5.75 Å². The molecule has 0 unspecified atom stereocenters. The van der Waals surface area contributed by atoms with E-state index in [0.29, 0.717) is 24.7 Å². The van der Waals surface area contributed by atoms with Crippen molar-refractivity contribution in [3.05, 3.63) is 35.7 Å². The zero-order valence-electron chi connectivity index (χ0n) is 17.3. The zero-order valence-corrected chi connectivity index (χ0v) is 19.8. The topological polar surface area (TPSA) is 115 Å². The lowest BCUT2D eigenvalue weighted by atomic mass is 10.2. The molecule has 3 aromatic rings. The molecule has 170 valence electrons. The highest BCUT2D eigenvalue weighted by atomic mass is 32.2. The fraction of sp³-hybridized carbons (Fsp3) is 0.350. The Labute approximate surface area is 194 Å². The minimum absolute atomic E-state index is 0.0340. The van der Waals surface area contributed by atoms with E-state index >= 15 is 0 Å². The number of carbonyl (C=O) groups is 1. The molecule has 0 aliphatic carbocycles. The van der Waals surface area contributed by atoms with Crippen molar-refractivity contribution in [1.82, 2.24) is 14.5 Å². The van der Waals surface area contributed by atoms with Crippen molar-refractivity contribution in [2.45, 2.75) is 29.4 Å². The summed E-state index contributed by atoms with van der Waals surface area (Å²) in [6.45, 7) is 0.965. The number of sulfonamides is 1. The molecule has 0 radical (unpaired) electrons. The van der Waals surface area contributed by atoms with Crippen molar-refractivity contribution in [2.24, 2.45) is 0 Å². The van der Waals surface area contributed by atoms with Gasteiger partial charge in [0.25, 0.3) is 11.1 Å². The number of hydrogen-bond acceptors (Lipinski definition) is 9. The maximum absolute atomic E-state index is 13.1. The van der Waals surface area contributed by atoms with Crippen molar-refractivity contribution in [3.63, 3.8) is 0 Å². The van der Waals surface area contributed by atoms with Gasteiger partial charge in [-0.2, -0.15) is 4.31 Å². The number of anilines is 1. The minimum Gasteiger partial charge on any atom is -0.495 e. The quantitative estimate of drug-likeness (QED) is 0.471. The smallest absolute Gasteiger partial charge is 0.277 e. The van der Waals surface area contributed by atoms with Crippen LogP contribution in [0.25, 0.3) is 10.8 Å². The van der Waals surface area contributed by atoms with Crippen LogP contribution >= 0.6 is 23.1 Å². The van der Waals surface area contributed by atoms with Crippen molar-refractivity contribution < 1.29 is 22.4 Å². The van der Waals surface area contributed by atoms with Gasteiger partial charge in [-0.15, -0.1) is 21.5 Å². The van der Waals surface area contributed by atoms with E-state index in [4.69, 9.17) is 9.15 Å². The molecule has 3 heterocycles. The maximum atomic E-state index is 13.1. The second kappa shape index (κ2) is 10.0. The molecule has 12 heteroatoms. The van der Waals surface area contributed by atoms with Crippen LogP contribution in [0.4, 0.5) is 5.69 Å². The van der Waals surface area contributed by atoms with Gasteiger partial charge in [0.05, 0.1) is 17.7 Å². The van der Waals surface area contributed by atoms with Crippen molar-refractivity contribution in [1.29, 1.82) is 0 Å². The van der Waals surface area contributed by atoms with Gasteiger partial charge in [-0.25, -0.2) is 8.42 Å². The molecule has 0 spiro atoms. The van der Waals surface area contributed by atoms with E-state index in [1.54, 1.807) is 12.1 Å². The normalized spacial score (nSPS) is 14.9. The van der Waals surface area contributed by atoms with Gasteiger partial charge in [-0.05, 0) is 42.5 Å². The first-order chi connectivity index (χ1) is 15.5. The number of aromatic nitrogens is 2. The number of thiophene rings is 1. The highest BCUT2D eigenvalue weighted by Gasteiger charge is 2.29. The summed E-state index contributed by atoms with van der Waals surface area (Å²) in [6, 6.07) is 8.35. The summed E-state index contributed by atoms with van der Waals surface area (Å²) >= 11 is 2.59. The van der Waals surface area contributed by atoms with Crippen LogP contribution < -0.4 is 10.1 Å². The molecule has 4 rings (SSSR count). The minimum atomic E-state index is -3.72. The molecule has 1 N–H and O–H groups in total. The largest absolute Gasteiger partial charge is 0.495 e. The summed E-state index contributed by atoms with van der Waals surface area (Å²) in [5.41, 5.74) is 0.372. The summed E-state index contributed by atoms with van der Waals surface area (Å²) in [7, 11) is -2.29. The molecule has 1 amide bonds. The van der Waals surface area contributed by atoms with E-state index in [-0.39, 0.29) is 27.5 Å². The highest BCUT2D eigenvalue weighted by Crippen LogP contribution is 2.31. The van der Waals surface area contributed by atoms with Crippen LogP contribution in [0.15, 0.2) is 50.2 Å². The second-order valence-electron chi connectivity index (χ2n) is 7.02. The molecule has 1 aliphatic rings. The number of hydrogen-bond donors (Lipinski definition) is 1. The van der Waals surface area contributed by atoms with E-state index in [1.807, 2.05) is 17.5 Å². The number of piperidine rings is 1. The van der Waals surface area contributed by atoms with Crippen LogP contribution in [0.2, 0.25) is 0 Å². The Hall–Kier alpha value is -2.41. The van der Waals surface area contributed by atoms with E-state index in [0.717, 1.165) is 35.9 Å². The average Bonchev–Trinajstić information content (AvgIpc) is 3.50. The fourth-order valence-electron chi connectivity index (χ4n) is 3.29. The molecule has 2 aromatic heterocycles. The molecule has 32 heavy (non-hydrogen) atoms. The molecular formula is C20H22N4O5S3. The Morgan fingerprint density at radius 3 is 2.78 bits per heavy atom. The lowest BCUT2D eigenvalue weighted by molar-refractivity contribution is -0.113. The number of thioether (sulfide) groups is 1. The molecule has 1 aliphatic heterocycles. The number of nitrogens with one attached hydrogen (secondary N) is 1. The van der Waals surface area contributed by atoms with Gasteiger partial charge in [0, 0.05) is 18.8 Å². The van der Waals surface area contributed by atoms with Crippen LogP contribution in [-0.4, -0.2) is 54.8 Å². The Balaban J connectivity index is 1.42. The summed E-state index contributed by atoms with van der Waals surface area (Å²) in [5.74, 6) is 0.365. The number of rotatable bonds is 8. The lowest BCUT2D eigenvalue weighted by Crippen LogP contribution is -2.35. The molecular weight excluding hydrogens is 472 g/mol. The second-order valence-corrected chi connectivity index (χ2v) is 10.8. The van der Waals surface area contributed by atoms with Crippen LogP contribution in [0.3, 0.4) is 0 Å². The fourth-order valence-corrected chi connectivity index (χ4v) is 6.20. The van der Waals surface area contributed by atoms with Gasteiger partial charge in [-0.3, -0.25) is 4.79 Å². The molecule has 1 fully saturated rings. The first kappa shape index (κ1) is 22.8. The Morgan fingerprint density at radius 1 is 1.25 bits per heavy atom. The van der Waals surface area contributed by atoms with Gasteiger partial charge in [0.15, 0.2) is 0 Å². The monoisotopic (exact) mass is 494 g/mol.